The van der Waals surface area contributed by atoms with Crippen LogP contribution >= 0.6 is 11.1 Å². The Hall–Kier alpha value is 0.207. The fourth-order valence-electron chi connectivity index (χ4n) is 0.543. The van der Waals surface area contributed by atoms with E-state index < -0.39 is 0 Å². The fourth-order valence-corrected chi connectivity index (χ4v) is 1.28. The highest BCUT2D eigenvalue weighted by Gasteiger charge is 1.77. The first-order valence-corrected chi connectivity index (χ1v) is 6.29. The van der Waals surface area contributed by atoms with Crippen molar-refractivity contribution in [3.8, 4) is 0 Å². The van der Waals surface area contributed by atoms with Crippen molar-refractivity contribution in [1.29, 1.82) is 0 Å². The molecule has 0 atom stereocenters. The molecule has 0 aliphatic carbocycles. The minimum atomic E-state index is -0.356. The molecular formula is C6H14ClNSi. The molecule has 0 saturated heterocycles. The van der Waals surface area contributed by atoms with E-state index in [-0.39, 0.29) is 8.83 Å². The van der Waals surface area contributed by atoms with Crippen molar-refractivity contribution in [2.24, 2.45) is 0 Å². The fraction of sp³-hybridized carbons (Fsp3) is 0.667. The Kier molecular flexibility index (Phi) is 8.40. The molecule has 0 amide bonds. The van der Waals surface area contributed by atoms with Gasteiger partial charge in [0.1, 0.15) is 8.83 Å². The zero-order valence-corrected chi connectivity index (χ0v) is 8.03. The van der Waals surface area contributed by atoms with Crippen molar-refractivity contribution in [3.05, 3.63) is 11.8 Å². The summed E-state index contributed by atoms with van der Waals surface area (Å²) in [5, 5.41) is 3.23. The van der Waals surface area contributed by atoms with E-state index in [4.69, 9.17) is 11.1 Å². The SMILES string of the molecule is CCNCCC=C[SiH2]Cl. The molecule has 0 radical (unpaired) electrons. The molecule has 0 saturated carbocycles. The van der Waals surface area contributed by atoms with Gasteiger partial charge in [-0.05, 0) is 19.5 Å². The topological polar surface area (TPSA) is 12.0 Å². The van der Waals surface area contributed by atoms with Crippen molar-refractivity contribution in [3.63, 3.8) is 0 Å². The third kappa shape index (κ3) is 8.21. The van der Waals surface area contributed by atoms with Crippen LogP contribution in [-0.4, -0.2) is 21.9 Å². The number of hydrogen-bond donors (Lipinski definition) is 1. The van der Waals surface area contributed by atoms with Gasteiger partial charge in [-0.3, -0.25) is 0 Å². The van der Waals surface area contributed by atoms with Crippen LogP contribution in [0.1, 0.15) is 13.3 Å². The highest BCUT2D eigenvalue weighted by Crippen LogP contribution is 1.80. The third-order valence-electron chi connectivity index (χ3n) is 0.994. The second kappa shape index (κ2) is 8.21. The lowest BCUT2D eigenvalue weighted by molar-refractivity contribution is 0.727. The van der Waals surface area contributed by atoms with E-state index in [1.807, 2.05) is 0 Å². The lowest BCUT2D eigenvalue weighted by atomic mass is 10.4. The summed E-state index contributed by atoms with van der Waals surface area (Å²) < 4.78 is 0. The van der Waals surface area contributed by atoms with Gasteiger partial charge >= 0.3 is 0 Å². The highest BCUT2D eigenvalue weighted by molar-refractivity contribution is 6.96. The quantitative estimate of drug-likeness (QED) is 0.360. The molecule has 0 spiro atoms. The Morgan fingerprint density at radius 1 is 1.67 bits per heavy atom. The monoisotopic (exact) mass is 163 g/mol. The predicted octanol–water partition coefficient (Wildman–Crippen LogP) is 0.822. The summed E-state index contributed by atoms with van der Waals surface area (Å²) in [4.78, 5) is 0. The summed E-state index contributed by atoms with van der Waals surface area (Å²) in [5.74, 6) is 0. The largest absolute Gasteiger partial charge is 0.317 e. The van der Waals surface area contributed by atoms with Crippen LogP contribution in [0.15, 0.2) is 11.8 Å². The van der Waals surface area contributed by atoms with Gasteiger partial charge in [0, 0.05) is 0 Å². The Morgan fingerprint density at radius 3 is 3.00 bits per heavy atom. The van der Waals surface area contributed by atoms with Crippen LogP contribution < -0.4 is 5.32 Å². The lowest BCUT2D eigenvalue weighted by Crippen LogP contribution is -2.12. The van der Waals surface area contributed by atoms with Crippen LogP contribution in [0.4, 0.5) is 0 Å². The Morgan fingerprint density at radius 2 is 2.44 bits per heavy atom. The van der Waals surface area contributed by atoms with Crippen LogP contribution in [0.5, 0.6) is 0 Å². The number of nitrogens with one attached hydrogen (secondary N) is 1. The molecule has 0 aliphatic heterocycles. The van der Waals surface area contributed by atoms with Crippen LogP contribution in [0, 0.1) is 0 Å². The summed E-state index contributed by atoms with van der Waals surface area (Å²) in [6.45, 7) is 4.25. The molecule has 0 heterocycles. The van der Waals surface area contributed by atoms with Gasteiger partial charge in [-0.25, -0.2) is 0 Å². The summed E-state index contributed by atoms with van der Waals surface area (Å²) in [6, 6.07) is 0. The average Bonchev–Trinajstić information content (AvgIpc) is 1.89. The van der Waals surface area contributed by atoms with E-state index >= 15 is 0 Å². The third-order valence-corrected chi connectivity index (χ3v) is 2.04. The Balaban J connectivity index is 2.82. The first-order chi connectivity index (χ1) is 4.41. The van der Waals surface area contributed by atoms with Crippen molar-refractivity contribution in [2.75, 3.05) is 13.1 Å². The molecular weight excluding hydrogens is 150 g/mol. The molecule has 1 N–H and O–H groups in total. The lowest BCUT2D eigenvalue weighted by Gasteiger charge is -1.93. The van der Waals surface area contributed by atoms with Gasteiger partial charge in [-0.2, -0.15) is 11.1 Å². The summed E-state index contributed by atoms with van der Waals surface area (Å²) in [7, 11) is -0.356. The average molecular weight is 164 g/mol. The van der Waals surface area contributed by atoms with Gasteiger partial charge in [-0.1, -0.05) is 18.7 Å². The first-order valence-electron chi connectivity index (χ1n) is 3.33. The summed E-state index contributed by atoms with van der Waals surface area (Å²) >= 11 is 5.55. The van der Waals surface area contributed by atoms with E-state index in [0.29, 0.717) is 0 Å². The van der Waals surface area contributed by atoms with E-state index in [0.717, 1.165) is 19.5 Å². The summed E-state index contributed by atoms with van der Waals surface area (Å²) in [5.41, 5.74) is 2.11. The number of halogens is 1. The van der Waals surface area contributed by atoms with Gasteiger partial charge in [-0.15, -0.1) is 0 Å². The van der Waals surface area contributed by atoms with E-state index in [1.54, 1.807) is 0 Å². The number of rotatable bonds is 5. The number of hydrogen-bond acceptors (Lipinski definition) is 1. The Bertz CT molecular complexity index is 75.5. The minimum absolute atomic E-state index is 0.356. The van der Waals surface area contributed by atoms with E-state index in [9.17, 15) is 0 Å². The van der Waals surface area contributed by atoms with Gasteiger partial charge in [0.05, 0.1) is 0 Å². The van der Waals surface area contributed by atoms with E-state index in [2.05, 4.69) is 24.0 Å². The normalized spacial score (nSPS) is 12.2. The predicted molar refractivity (Wildman–Crippen MR) is 46.7 cm³/mol. The second-order valence-corrected chi connectivity index (χ2v) is 3.47. The van der Waals surface area contributed by atoms with Crippen molar-refractivity contribution in [1.82, 2.24) is 5.32 Å². The summed E-state index contributed by atoms with van der Waals surface area (Å²) in [6.07, 6.45) is 3.27. The smallest absolute Gasteiger partial charge is 0.148 e. The van der Waals surface area contributed by atoms with Gasteiger partial charge < -0.3 is 5.32 Å². The standard InChI is InChI=1S/C6H14ClNSi/c1-2-8-5-3-4-6-9-7/h4,6,8H,2-3,5,9H2,1H3. The molecule has 54 valence electrons. The van der Waals surface area contributed by atoms with Crippen molar-refractivity contribution < 1.29 is 0 Å². The molecule has 1 nitrogen and oxygen atoms in total. The highest BCUT2D eigenvalue weighted by atomic mass is 35.6. The molecule has 0 aromatic heterocycles. The van der Waals surface area contributed by atoms with Crippen LogP contribution in [0.2, 0.25) is 0 Å². The maximum absolute atomic E-state index is 5.55. The van der Waals surface area contributed by atoms with Crippen LogP contribution in [0.3, 0.4) is 0 Å². The second-order valence-electron chi connectivity index (χ2n) is 1.77. The van der Waals surface area contributed by atoms with Crippen molar-refractivity contribution in [2.45, 2.75) is 13.3 Å². The van der Waals surface area contributed by atoms with Crippen LogP contribution in [0.25, 0.3) is 0 Å². The zero-order valence-electron chi connectivity index (χ0n) is 5.86. The first kappa shape index (κ1) is 9.21. The van der Waals surface area contributed by atoms with Crippen LogP contribution in [-0.2, 0) is 0 Å². The van der Waals surface area contributed by atoms with Gasteiger partial charge in [0.2, 0.25) is 0 Å². The molecule has 0 rings (SSSR count). The molecule has 0 aromatic rings. The zero-order chi connectivity index (χ0) is 6.95. The molecule has 3 heteroatoms. The molecule has 0 bridgehead atoms. The maximum atomic E-state index is 5.55. The molecule has 0 unspecified atom stereocenters. The Labute approximate surface area is 64.0 Å². The van der Waals surface area contributed by atoms with Gasteiger partial charge in [0.25, 0.3) is 0 Å². The van der Waals surface area contributed by atoms with Crippen molar-refractivity contribution >= 4 is 19.9 Å². The molecule has 9 heavy (non-hydrogen) atoms. The molecule has 0 aliphatic rings. The van der Waals surface area contributed by atoms with E-state index in [1.165, 1.54) is 0 Å². The maximum Gasteiger partial charge on any atom is 0.148 e. The molecule has 0 aromatic carbocycles. The minimum Gasteiger partial charge on any atom is -0.317 e. The molecule has 0 fully saturated rings. The van der Waals surface area contributed by atoms with Gasteiger partial charge in [0.15, 0.2) is 0 Å².